The fourth-order valence-electron chi connectivity index (χ4n) is 2.48. The molecule has 96 valence electrons. The molecule has 0 unspecified atom stereocenters. The summed E-state index contributed by atoms with van der Waals surface area (Å²) in [4.78, 5) is 7.47. The summed E-state index contributed by atoms with van der Waals surface area (Å²) in [5.41, 5.74) is 5.30. The second-order valence-corrected chi connectivity index (χ2v) is 4.64. The van der Waals surface area contributed by atoms with Crippen molar-refractivity contribution in [2.24, 2.45) is 0 Å². The number of hydrogen-bond donors (Lipinski definition) is 2. The van der Waals surface area contributed by atoms with Gasteiger partial charge < -0.3 is 4.98 Å². The van der Waals surface area contributed by atoms with Gasteiger partial charge in [0.2, 0.25) is 0 Å². The molecular formula is C16H12N4. The van der Waals surface area contributed by atoms with Crippen LogP contribution < -0.4 is 0 Å². The number of H-pyrrole nitrogens is 2. The van der Waals surface area contributed by atoms with E-state index >= 15 is 0 Å². The highest BCUT2D eigenvalue weighted by Crippen LogP contribution is 2.29. The Bertz CT molecular complexity index is 859. The number of benzene rings is 1. The van der Waals surface area contributed by atoms with Crippen molar-refractivity contribution >= 4 is 11.0 Å². The van der Waals surface area contributed by atoms with Gasteiger partial charge in [0.25, 0.3) is 0 Å². The first-order valence-corrected chi connectivity index (χ1v) is 6.44. The number of fused-ring (bicyclic) bond motifs is 1. The third-order valence-corrected chi connectivity index (χ3v) is 3.43. The predicted molar refractivity (Wildman–Crippen MR) is 79.1 cm³/mol. The van der Waals surface area contributed by atoms with Gasteiger partial charge in [-0.25, -0.2) is 4.98 Å². The highest BCUT2D eigenvalue weighted by atomic mass is 15.1. The maximum Gasteiger partial charge on any atom is 0.137 e. The van der Waals surface area contributed by atoms with E-state index < -0.39 is 0 Å². The van der Waals surface area contributed by atoms with E-state index in [4.69, 9.17) is 0 Å². The molecule has 0 amide bonds. The average Bonchev–Trinajstić information content (AvgIpc) is 3.18. The molecule has 0 radical (unpaired) electrons. The standard InChI is InChI=1S/C16H12N4/c1-2-11(10-12(3-1)15-6-9-19-20-15)13-4-7-17-16-14(13)5-8-18-16/h1-10H,(H,17,18)(H,19,20). The van der Waals surface area contributed by atoms with Crippen LogP contribution in [0.3, 0.4) is 0 Å². The van der Waals surface area contributed by atoms with Crippen molar-refractivity contribution in [1.29, 1.82) is 0 Å². The van der Waals surface area contributed by atoms with Crippen LogP contribution in [0.4, 0.5) is 0 Å². The van der Waals surface area contributed by atoms with Gasteiger partial charge in [-0.15, -0.1) is 0 Å². The van der Waals surface area contributed by atoms with Gasteiger partial charge in [0.05, 0.1) is 5.69 Å². The normalized spacial score (nSPS) is 11.0. The zero-order chi connectivity index (χ0) is 13.4. The van der Waals surface area contributed by atoms with Gasteiger partial charge in [-0.1, -0.05) is 18.2 Å². The third-order valence-electron chi connectivity index (χ3n) is 3.43. The average molecular weight is 260 g/mol. The first kappa shape index (κ1) is 11.0. The predicted octanol–water partition coefficient (Wildman–Crippen LogP) is 3.62. The van der Waals surface area contributed by atoms with Crippen LogP contribution in [-0.4, -0.2) is 20.2 Å². The van der Waals surface area contributed by atoms with Crippen molar-refractivity contribution in [1.82, 2.24) is 20.2 Å². The Labute approximate surface area is 115 Å². The molecule has 0 saturated carbocycles. The van der Waals surface area contributed by atoms with E-state index in [1.54, 1.807) is 0 Å². The van der Waals surface area contributed by atoms with Crippen molar-refractivity contribution < 1.29 is 0 Å². The van der Waals surface area contributed by atoms with E-state index in [-0.39, 0.29) is 0 Å². The SMILES string of the molecule is c1cc(-c2cc[nH]n2)cc(-c2ccnc3[nH]ccc23)c1. The van der Waals surface area contributed by atoms with E-state index in [1.165, 1.54) is 5.56 Å². The molecule has 0 aliphatic carbocycles. The summed E-state index contributed by atoms with van der Waals surface area (Å²) in [5.74, 6) is 0. The topological polar surface area (TPSA) is 57.4 Å². The molecule has 0 spiro atoms. The molecule has 0 atom stereocenters. The molecule has 4 aromatic rings. The largest absolute Gasteiger partial charge is 0.346 e. The van der Waals surface area contributed by atoms with E-state index in [1.807, 2.05) is 30.7 Å². The lowest BCUT2D eigenvalue weighted by atomic mass is 10.0. The molecular weight excluding hydrogens is 248 g/mol. The van der Waals surface area contributed by atoms with Crippen LogP contribution in [0, 0.1) is 0 Å². The van der Waals surface area contributed by atoms with Crippen LogP contribution in [0.25, 0.3) is 33.4 Å². The minimum absolute atomic E-state index is 0.910. The molecule has 4 nitrogen and oxygen atoms in total. The van der Waals surface area contributed by atoms with Gasteiger partial charge in [-0.3, -0.25) is 5.10 Å². The fourth-order valence-corrected chi connectivity index (χ4v) is 2.48. The summed E-state index contributed by atoms with van der Waals surface area (Å²) in [6.45, 7) is 0. The van der Waals surface area contributed by atoms with Crippen molar-refractivity contribution in [2.45, 2.75) is 0 Å². The van der Waals surface area contributed by atoms with Gasteiger partial charge in [-0.05, 0) is 35.4 Å². The lowest BCUT2D eigenvalue weighted by Gasteiger charge is -2.05. The van der Waals surface area contributed by atoms with Gasteiger partial charge in [0, 0.05) is 29.5 Å². The maximum atomic E-state index is 4.33. The van der Waals surface area contributed by atoms with E-state index in [2.05, 4.69) is 50.5 Å². The Kier molecular flexibility index (Phi) is 2.39. The van der Waals surface area contributed by atoms with Gasteiger partial charge in [-0.2, -0.15) is 5.10 Å². The van der Waals surface area contributed by atoms with Crippen molar-refractivity contribution in [3.8, 4) is 22.4 Å². The highest BCUT2D eigenvalue weighted by Gasteiger charge is 2.07. The van der Waals surface area contributed by atoms with E-state index in [0.29, 0.717) is 0 Å². The zero-order valence-electron chi connectivity index (χ0n) is 10.7. The van der Waals surface area contributed by atoms with E-state index in [0.717, 1.165) is 27.9 Å². The van der Waals surface area contributed by atoms with Crippen molar-refractivity contribution in [3.05, 3.63) is 61.1 Å². The quantitative estimate of drug-likeness (QED) is 0.578. The van der Waals surface area contributed by atoms with E-state index in [9.17, 15) is 0 Å². The Morgan fingerprint density at radius 2 is 1.85 bits per heavy atom. The molecule has 3 aromatic heterocycles. The number of hydrogen-bond acceptors (Lipinski definition) is 2. The first-order chi connectivity index (χ1) is 9.92. The molecule has 3 heterocycles. The molecule has 0 fully saturated rings. The van der Waals surface area contributed by atoms with Gasteiger partial charge in [0.1, 0.15) is 5.65 Å². The Morgan fingerprint density at radius 3 is 2.75 bits per heavy atom. The summed E-state index contributed by atoms with van der Waals surface area (Å²) >= 11 is 0. The lowest BCUT2D eigenvalue weighted by molar-refractivity contribution is 1.10. The van der Waals surface area contributed by atoms with Crippen LogP contribution in [-0.2, 0) is 0 Å². The van der Waals surface area contributed by atoms with Crippen LogP contribution >= 0.6 is 0 Å². The van der Waals surface area contributed by atoms with Crippen LogP contribution in [0.1, 0.15) is 0 Å². The zero-order valence-corrected chi connectivity index (χ0v) is 10.7. The number of nitrogens with zero attached hydrogens (tertiary/aromatic N) is 2. The molecule has 0 aliphatic rings. The summed E-state index contributed by atoms with van der Waals surface area (Å²) < 4.78 is 0. The van der Waals surface area contributed by atoms with Crippen molar-refractivity contribution in [3.63, 3.8) is 0 Å². The second kappa shape index (κ2) is 4.35. The molecule has 0 saturated heterocycles. The Balaban J connectivity index is 1.91. The highest BCUT2D eigenvalue weighted by molar-refractivity contribution is 5.93. The smallest absolute Gasteiger partial charge is 0.137 e. The second-order valence-electron chi connectivity index (χ2n) is 4.64. The lowest BCUT2D eigenvalue weighted by Crippen LogP contribution is -1.84. The molecule has 20 heavy (non-hydrogen) atoms. The summed E-state index contributed by atoms with van der Waals surface area (Å²) in [6.07, 6.45) is 5.58. The summed E-state index contributed by atoms with van der Waals surface area (Å²) in [6, 6.07) is 14.4. The number of aromatic nitrogens is 4. The van der Waals surface area contributed by atoms with Crippen LogP contribution in [0.5, 0.6) is 0 Å². The third kappa shape index (κ3) is 1.70. The number of aromatic amines is 2. The molecule has 4 rings (SSSR count). The number of rotatable bonds is 2. The Morgan fingerprint density at radius 1 is 0.900 bits per heavy atom. The summed E-state index contributed by atoms with van der Waals surface area (Å²) in [5, 5.41) is 8.21. The van der Waals surface area contributed by atoms with Crippen molar-refractivity contribution in [2.75, 3.05) is 0 Å². The summed E-state index contributed by atoms with van der Waals surface area (Å²) in [7, 11) is 0. The maximum absolute atomic E-state index is 4.33. The molecule has 4 heteroatoms. The molecule has 0 bridgehead atoms. The fraction of sp³-hybridized carbons (Fsp3) is 0. The van der Waals surface area contributed by atoms with Crippen LogP contribution in [0.2, 0.25) is 0 Å². The minimum atomic E-state index is 0.910. The first-order valence-electron chi connectivity index (χ1n) is 6.44. The molecule has 2 N–H and O–H groups in total. The number of pyridine rings is 1. The molecule has 1 aromatic carbocycles. The molecule has 0 aliphatic heterocycles. The minimum Gasteiger partial charge on any atom is -0.346 e. The van der Waals surface area contributed by atoms with Gasteiger partial charge >= 0.3 is 0 Å². The van der Waals surface area contributed by atoms with Crippen LogP contribution in [0.15, 0.2) is 61.1 Å². The Hall–Kier alpha value is -2.88. The number of nitrogens with one attached hydrogen (secondary N) is 2. The monoisotopic (exact) mass is 260 g/mol. The van der Waals surface area contributed by atoms with Gasteiger partial charge in [0.15, 0.2) is 0 Å².